The second kappa shape index (κ2) is 8.54. The first kappa shape index (κ1) is 20.0. The van der Waals surface area contributed by atoms with Gasteiger partial charge in [0.2, 0.25) is 0 Å². The number of hydrogen-bond acceptors (Lipinski definition) is 5. The third-order valence-electron chi connectivity index (χ3n) is 3.85. The molecule has 0 aliphatic heterocycles. The van der Waals surface area contributed by atoms with Gasteiger partial charge in [-0.05, 0) is 25.1 Å². The molecule has 1 aromatic carbocycles. The van der Waals surface area contributed by atoms with Crippen LogP contribution in [0.25, 0.3) is 11.3 Å². The number of nitrogens with one attached hydrogen (secondary N) is 1. The standard InChI is InChI=1S/C18H14BrClFN5O2/c1-10(23-18(27)17-6-12(7-19)28-25-17)9-26-3-2-16(24-26)11-4-14(20)13(8-22)15(21)5-11/h2-6,10H,7,9H2,1H3,(H,23,27)/t10-/m0/s1. The van der Waals surface area contributed by atoms with Gasteiger partial charge in [0.25, 0.3) is 5.91 Å². The van der Waals surface area contributed by atoms with E-state index in [0.717, 1.165) is 0 Å². The van der Waals surface area contributed by atoms with Crippen LogP contribution < -0.4 is 5.32 Å². The molecule has 0 unspecified atom stereocenters. The van der Waals surface area contributed by atoms with Crippen LogP contribution in [0.4, 0.5) is 4.39 Å². The highest BCUT2D eigenvalue weighted by Crippen LogP contribution is 2.26. The number of hydrogen-bond donors (Lipinski definition) is 1. The van der Waals surface area contributed by atoms with Crippen molar-refractivity contribution in [2.24, 2.45) is 0 Å². The highest BCUT2D eigenvalue weighted by Gasteiger charge is 2.16. The molecule has 2 aromatic heterocycles. The van der Waals surface area contributed by atoms with Crippen molar-refractivity contribution in [3.63, 3.8) is 0 Å². The Morgan fingerprint density at radius 2 is 2.29 bits per heavy atom. The zero-order chi connectivity index (χ0) is 20.3. The van der Waals surface area contributed by atoms with Crippen LogP contribution in [-0.2, 0) is 11.9 Å². The number of benzene rings is 1. The summed E-state index contributed by atoms with van der Waals surface area (Å²) in [6, 6.07) is 7.45. The maximum absolute atomic E-state index is 13.9. The predicted molar refractivity (Wildman–Crippen MR) is 103 cm³/mol. The van der Waals surface area contributed by atoms with E-state index in [4.69, 9.17) is 21.4 Å². The molecule has 0 saturated heterocycles. The summed E-state index contributed by atoms with van der Waals surface area (Å²) in [6.07, 6.45) is 1.71. The smallest absolute Gasteiger partial charge is 0.273 e. The van der Waals surface area contributed by atoms with Crippen molar-refractivity contribution in [3.8, 4) is 17.3 Å². The molecular formula is C18H14BrClFN5O2. The maximum Gasteiger partial charge on any atom is 0.273 e. The molecule has 1 amide bonds. The number of amides is 1. The molecular weight excluding hydrogens is 453 g/mol. The van der Waals surface area contributed by atoms with Crippen molar-refractivity contribution >= 4 is 33.4 Å². The van der Waals surface area contributed by atoms with Gasteiger partial charge in [-0.1, -0.05) is 32.7 Å². The first-order chi connectivity index (χ1) is 13.4. The fourth-order valence-corrected chi connectivity index (χ4v) is 3.07. The van der Waals surface area contributed by atoms with E-state index in [1.807, 2.05) is 6.92 Å². The monoisotopic (exact) mass is 465 g/mol. The van der Waals surface area contributed by atoms with Gasteiger partial charge in [0.15, 0.2) is 5.69 Å². The third-order valence-corrected chi connectivity index (χ3v) is 4.70. The Morgan fingerprint density at radius 3 is 2.93 bits per heavy atom. The average molecular weight is 467 g/mol. The molecule has 144 valence electrons. The van der Waals surface area contributed by atoms with E-state index in [9.17, 15) is 9.18 Å². The molecule has 2 heterocycles. The lowest BCUT2D eigenvalue weighted by Crippen LogP contribution is -2.36. The molecule has 7 nitrogen and oxygen atoms in total. The minimum absolute atomic E-state index is 0.0307. The molecule has 3 rings (SSSR count). The maximum atomic E-state index is 13.9. The van der Waals surface area contributed by atoms with Crippen LogP contribution in [0.3, 0.4) is 0 Å². The summed E-state index contributed by atoms with van der Waals surface area (Å²) in [4.78, 5) is 12.2. The van der Waals surface area contributed by atoms with Gasteiger partial charge in [-0.2, -0.15) is 10.4 Å². The Labute approximate surface area is 173 Å². The van der Waals surface area contributed by atoms with Crippen LogP contribution in [0.1, 0.15) is 28.7 Å². The summed E-state index contributed by atoms with van der Waals surface area (Å²) < 4.78 is 20.5. The zero-order valence-corrected chi connectivity index (χ0v) is 17.0. The fourth-order valence-electron chi connectivity index (χ4n) is 2.55. The quantitative estimate of drug-likeness (QED) is 0.556. The second-order valence-electron chi connectivity index (χ2n) is 6.04. The van der Waals surface area contributed by atoms with Crippen LogP contribution in [0.15, 0.2) is 35.0 Å². The lowest BCUT2D eigenvalue weighted by molar-refractivity contribution is 0.0927. The molecule has 0 radical (unpaired) electrons. The Hall–Kier alpha value is -2.70. The topological polar surface area (TPSA) is 96.7 Å². The SMILES string of the molecule is C[C@@H](Cn1ccc(-c2cc(F)c(C#N)c(Cl)c2)n1)NC(=O)c1cc(CBr)on1. The first-order valence-electron chi connectivity index (χ1n) is 8.16. The normalized spacial score (nSPS) is 11.8. The fraction of sp³-hybridized carbons (Fsp3) is 0.222. The van der Waals surface area contributed by atoms with E-state index in [-0.39, 0.29) is 28.2 Å². The number of nitrogens with zero attached hydrogens (tertiary/aromatic N) is 4. The highest BCUT2D eigenvalue weighted by atomic mass is 79.9. The summed E-state index contributed by atoms with van der Waals surface area (Å²) >= 11 is 9.17. The van der Waals surface area contributed by atoms with Gasteiger partial charge in [-0.25, -0.2) is 4.39 Å². The zero-order valence-electron chi connectivity index (χ0n) is 14.6. The van der Waals surface area contributed by atoms with Crippen LogP contribution >= 0.6 is 27.5 Å². The summed E-state index contributed by atoms with van der Waals surface area (Å²) in [7, 11) is 0. The molecule has 10 heteroatoms. The van der Waals surface area contributed by atoms with Gasteiger partial charge >= 0.3 is 0 Å². The molecule has 0 bridgehead atoms. The molecule has 0 aliphatic rings. The Balaban J connectivity index is 1.67. The lowest BCUT2D eigenvalue weighted by Gasteiger charge is -2.12. The minimum atomic E-state index is -0.698. The second-order valence-corrected chi connectivity index (χ2v) is 7.00. The van der Waals surface area contributed by atoms with Crippen LogP contribution in [0.5, 0.6) is 0 Å². The molecule has 0 aliphatic carbocycles. The molecule has 0 saturated carbocycles. The minimum Gasteiger partial charge on any atom is -0.360 e. The summed E-state index contributed by atoms with van der Waals surface area (Å²) in [5, 5.41) is 20.3. The van der Waals surface area contributed by atoms with E-state index >= 15 is 0 Å². The average Bonchev–Trinajstić information content (AvgIpc) is 3.30. The third kappa shape index (κ3) is 4.40. The van der Waals surface area contributed by atoms with E-state index in [1.165, 1.54) is 12.1 Å². The van der Waals surface area contributed by atoms with E-state index in [1.54, 1.807) is 29.1 Å². The largest absolute Gasteiger partial charge is 0.360 e. The molecule has 28 heavy (non-hydrogen) atoms. The number of carbonyl (C=O) groups is 1. The van der Waals surface area contributed by atoms with Crippen molar-refractivity contribution in [2.45, 2.75) is 24.8 Å². The van der Waals surface area contributed by atoms with Crippen molar-refractivity contribution in [3.05, 3.63) is 58.3 Å². The molecule has 0 fully saturated rings. The Morgan fingerprint density at radius 1 is 1.50 bits per heavy atom. The summed E-state index contributed by atoms with van der Waals surface area (Å²) in [5.74, 6) is -0.491. The number of aromatic nitrogens is 3. The van der Waals surface area contributed by atoms with Crippen molar-refractivity contribution in [1.29, 1.82) is 5.26 Å². The molecule has 0 spiro atoms. The van der Waals surface area contributed by atoms with Crippen molar-refractivity contribution < 1.29 is 13.7 Å². The molecule has 1 atom stereocenters. The number of halogens is 3. The van der Waals surface area contributed by atoms with Crippen LogP contribution in [0.2, 0.25) is 5.02 Å². The molecule has 1 N–H and O–H groups in total. The lowest BCUT2D eigenvalue weighted by atomic mass is 10.1. The number of alkyl halides is 1. The van der Waals surface area contributed by atoms with Gasteiger partial charge in [-0.3, -0.25) is 9.48 Å². The molecule has 3 aromatic rings. The van der Waals surface area contributed by atoms with E-state index < -0.39 is 5.82 Å². The van der Waals surface area contributed by atoms with E-state index in [2.05, 4.69) is 31.5 Å². The number of rotatable bonds is 6. The van der Waals surface area contributed by atoms with Crippen LogP contribution in [0, 0.1) is 17.1 Å². The summed E-state index contributed by atoms with van der Waals surface area (Å²) in [5.41, 5.74) is 0.964. The Bertz CT molecular complexity index is 1040. The van der Waals surface area contributed by atoms with Gasteiger partial charge in [0.05, 0.1) is 22.6 Å². The van der Waals surface area contributed by atoms with Crippen LogP contribution in [-0.4, -0.2) is 26.9 Å². The van der Waals surface area contributed by atoms with Crippen molar-refractivity contribution in [1.82, 2.24) is 20.3 Å². The van der Waals surface area contributed by atoms with Gasteiger partial charge in [0, 0.05) is 23.9 Å². The summed E-state index contributed by atoms with van der Waals surface area (Å²) in [6.45, 7) is 2.21. The number of nitriles is 1. The van der Waals surface area contributed by atoms with E-state index in [0.29, 0.717) is 28.9 Å². The first-order valence-corrected chi connectivity index (χ1v) is 9.66. The van der Waals surface area contributed by atoms with Gasteiger partial charge in [-0.15, -0.1) is 0 Å². The highest BCUT2D eigenvalue weighted by molar-refractivity contribution is 9.08. The Kier molecular flexibility index (Phi) is 6.11. The predicted octanol–water partition coefficient (Wildman–Crippen LogP) is 3.92. The van der Waals surface area contributed by atoms with Gasteiger partial charge in [0.1, 0.15) is 23.2 Å². The van der Waals surface area contributed by atoms with Crippen molar-refractivity contribution in [2.75, 3.05) is 0 Å². The van der Waals surface area contributed by atoms with Gasteiger partial charge < -0.3 is 9.84 Å². The number of carbonyl (C=O) groups excluding carboxylic acids is 1.